The van der Waals surface area contributed by atoms with Crippen LogP contribution in [-0.2, 0) is 0 Å². The van der Waals surface area contributed by atoms with Gasteiger partial charge in [-0.3, -0.25) is 4.79 Å². The van der Waals surface area contributed by atoms with Gasteiger partial charge in [0.1, 0.15) is 0 Å². The number of rotatable bonds is 3. The molecule has 0 unspecified atom stereocenters. The Labute approximate surface area is 103 Å². The van der Waals surface area contributed by atoms with E-state index in [9.17, 15) is 4.79 Å². The third-order valence-corrected chi connectivity index (χ3v) is 2.50. The van der Waals surface area contributed by atoms with Gasteiger partial charge in [0.05, 0.1) is 11.4 Å². The van der Waals surface area contributed by atoms with E-state index in [1.54, 1.807) is 13.0 Å². The summed E-state index contributed by atoms with van der Waals surface area (Å²) in [5.74, 6) is -0.0830. The Balaban J connectivity index is 2.43. The molecule has 0 fully saturated rings. The smallest absolute Gasteiger partial charge is 0.211 e. The Morgan fingerprint density at radius 2 is 2.06 bits per heavy atom. The molecular formula is C12H13N5O. The van der Waals surface area contributed by atoms with Gasteiger partial charge in [-0.2, -0.15) is 5.10 Å². The highest BCUT2D eigenvalue weighted by Gasteiger charge is 2.03. The number of aldehydes is 1. The van der Waals surface area contributed by atoms with E-state index in [1.165, 1.54) is 0 Å². The van der Waals surface area contributed by atoms with Crippen LogP contribution in [0.3, 0.4) is 0 Å². The normalized spacial score (nSPS) is 11.5. The van der Waals surface area contributed by atoms with Crippen LogP contribution in [0.1, 0.15) is 23.0 Å². The van der Waals surface area contributed by atoms with Crippen LogP contribution in [0.15, 0.2) is 34.5 Å². The number of carbonyl (C=O) groups is 1. The first kappa shape index (κ1) is 11.8. The summed E-state index contributed by atoms with van der Waals surface area (Å²) in [6, 6.07) is 7.46. The highest BCUT2D eigenvalue weighted by molar-refractivity contribution is 6.02. The van der Waals surface area contributed by atoms with Crippen LogP contribution in [0.5, 0.6) is 0 Å². The summed E-state index contributed by atoms with van der Waals surface area (Å²) >= 11 is 0. The lowest BCUT2D eigenvalue weighted by atomic mass is 10.1. The summed E-state index contributed by atoms with van der Waals surface area (Å²) in [6.07, 6.45) is 0.778. The van der Waals surface area contributed by atoms with Crippen LogP contribution in [0.4, 0.5) is 0 Å². The number of benzene rings is 1. The lowest BCUT2D eigenvalue weighted by Gasteiger charge is -1.99. The number of hydrogen-bond donors (Lipinski definition) is 3. The van der Waals surface area contributed by atoms with Crippen LogP contribution >= 0.6 is 0 Å². The second-order valence-corrected chi connectivity index (χ2v) is 3.85. The molecule has 0 spiro atoms. The fourth-order valence-corrected chi connectivity index (χ4v) is 1.63. The van der Waals surface area contributed by atoms with E-state index in [-0.39, 0.29) is 5.96 Å². The quantitative estimate of drug-likeness (QED) is 0.323. The molecule has 0 saturated heterocycles. The van der Waals surface area contributed by atoms with Crippen molar-refractivity contribution in [3.05, 3.63) is 35.5 Å². The molecule has 0 saturated carbocycles. The number of nitrogens with one attached hydrogen (secondary N) is 1. The molecule has 0 bridgehead atoms. The van der Waals surface area contributed by atoms with E-state index in [0.717, 1.165) is 22.8 Å². The highest BCUT2D eigenvalue weighted by atomic mass is 16.1. The molecule has 6 heteroatoms. The van der Waals surface area contributed by atoms with Crippen LogP contribution in [-0.4, -0.2) is 22.9 Å². The first-order chi connectivity index (χ1) is 8.60. The molecule has 2 aromatic rings. The summed E-state index contributed by atoms with van der Waals surface area (Å²) in [5.41, 5.74) is 13.4. The van der Waals surface area contributed by atoms with Gasteiger partial charge in [-0.05, 0) is 30.7 Å². The molecule has 1 aromatic heterocycles. The topological polar surface area (TPSA) is 110 Å². The lowest BCUT2D eigenvalue weighted by molar-refractivity contribution is 0.112. The molecule has 1 aromatic carbocycles. The Bertz CT molecular complexity index is 650. The second kappa shape index (κ2) is 4.70. The first-order valence-corrected chi connectivity index (χ1v) is 5.31. The predicted molar refractivity (Wildman–Crippen MR) is 71.7 cm³/mol. The van der Waals surface area contributed by atoms with E-state index in [4.69, 9.17) is 11.5 Å². The van der Waals surface area contributed by atoms with Crippen molar-refractivity contribution in [3.63, 3.8) is 0 Å². The molecule has 0 radical (unpaired) electrons. The van der Waals surface area contributed by atoms with E-state index in [1.807, 2.05) is 18.2 Å². The largest absolute Gasteiger partial charge is 0.369 e. The molecule has 18 heavy (non-hydrogen) atoms. The lowest BCUT2D eigenvalue weighted by Crippen LogP contribution is -2.22. The van der Waals surface area contributed by atoms with E-state index in [2.05, 4.69) is 15.2 Å². The van der Waals surface area contributed by atoms with E-state index in [0.29, 0.717) is 11.4 Å². The summed E-state index contributed by atoms with van der Waals surface area (Å²) in [4.78, 5) is 13.7. The Morgan fingerprint density at radius 1 is 1.28 bits per heavy atom. The molecular weight excluding hydrogens is 230 g/mol. The predicted octanol–water partition coefficient (Wildman–Crippen LogP) is 0.978. The van der Waals surface area contributed by atoms with Gasteiger partial charge in [0.2, 0.25) is 5.96 Å². The van der Waals surface area contributed by atoms with Crippen LogP contribution in [0.2, 0.25) is 0 Å². The van der Waals surface area contributed by atoms with Crippen molar-refractivity contribution in [2.24, 2.45) is 21.7 Å². The Hall–Kier alpha value is -2.63. The minimum absolute atomic E-state index is 0.0830. The molecule has 0 aliphatic carbocycles. The molecule has 0 amide bonds. The molecule has 6 nitrogen and oxygen atoms in total. The highest BCUT2D eigenvalue weighted by Crippen LogP contribution is 2.17. The fourth-order valence-electron chi connectivity index (χ4n) is 1.63. The Kier molecular flexibility index (Phi) is 3.09. The number of guanidine groups is 1. The van der Waals surface area contributed by atoms with Crippen LogP contribution in [0.25, 0.3) is 10.9 Å². The number of H-pyrrole nitrogens is 1. The van der Waals surface area contributed by atoms with Gasteiger partial charge in [-0.1, -0.05) is 6.07 Å². The number of fused-ring (bicyclic) bond motifs is 1. The zero-order valence-electron chi connectivity index (χ0n) is 9.84. The van der Waals surface area contributed by atoms with Gasteiger partial charge in [0.25, 0.3) is 0 Å². The minimum Gasteiger partial charge on any atom is -0.369 e. The monoisotopic (exact) mass is 243 g/mol. The maximum Gasteiger partial charge on any atom is 0.211 e. The summed E-state index contributed by atoms with van der Waals surface area (Å²) in [6.45, 7) is 1.81. The van der Waals surface area contributed by atoms with Gasteiger partial charge in [0.15, 0.2) is 6.29 Å². The number of nitrogens with zero attached hydrogens (tertiary/aromatic N) is 2. The zero-order valence-corrected chi connectivity index (χ0v) is 9.84. The van der Waals surface area contributed by atoms with Gasteiger partial charge >= 0.3 is 0 Å². The van der Waals surface area contributed by atoms with E-state index < -0.39 is 0 Å². The summed E-state index contributed by atoms with van der Waals surface area (Å²) in [7, 11) is 0. The Morgan fingerprint density at radius 3 is 2.72 bits per heavy atom. The molecule has 0 aliphatic heterocycles. The second-order valence-electron chi connectivity index (χ2n) is 3.85. The average Bonchev–Trinajstić information content (AvgIpc) is 2.77. The minimum atomic E-state index is -0.0830. The number of carbonyl (C=O) groups excluding carboxylic acids is 1. The third kappa shape index (κ3) is 2.37. The molecule has 2 rings (SSSR count). The molecule has 5 N–H and O–H groups in total. The van der Waals surface area contributed by atoms with Crippen molar-refractivity contribution in [3.8, 4) is 0 Å². The molecule has 92 valence electrons. The SMILES string of the molecule is C/C(=N\N=C(N)N)c1ccc2[nH]c(C=O)cc2c1. The van der Waals surface area contributed by atoms with Crippen molar-refractivity contribution in [2.45, 2.75) is 6.92 Å². The van der Waals surface area contributed by atoms with Crippen molar-refractivity contribution >= 4 is 28.9 Å². The van der Waals surface area contributed by atoms with Gasteiger partial charge in [-0.15, -0.1) is 5.10 Å². The van der Waals surface area contributed by atoms with Crippen molar-refractivity contribution in [2.75, 3.05) is 0 Å². The van der Waals surface area contributed by atoms with E-state index >= 15 is 0 Å². The van der Waals surface area contributed by atoms with Crippen molar-refractivity contribution < 1.29 is 4.79 Å². The summed E-state index contributed by atoms with van der Waals surface area (Å²) < 4.78 is 0. The van der Waals surface area contributed by atoms with Crippen molar-refractivity contribution in [1.82, 2.24) is 4.98 Å². The molecule has 0 atom stereocenters. The maximum absolute atomic E-state index is 10.7. The van der Waals surface area contributed by atoms with Gasteiger partial charge in [-0.25, -0.2) is 0 Å². The van der Waals surface area contributed by atoms with Gasteiger partial charge in [0, 0.05) is 10.9 Å². The molecule has 1 heterocycles. The van der Waals surface area contributed by atoms with Crippen LogP contribution in [0, 0.1) is 0 Å². The third-order valence-electron chi connectivity index (χ3n) is 2.50. The van der Waals surface area contributed by atoms with Crippen LogP contribution < -0.4 is 11.5 Å². The summed E-state index contributed by atoms with van der Waals surface area (Å²) in [5, 5.41) is 8.44. The number of hydrogen-bond acceptors (Lipinski definition) is 3. The number of nitrogens with two attached hydrogens (primary N) is 2. The fraction of sp³-hybridized carbons (Fsp3) is 0.0833. The maximum atomic E-state index is 10.7. The first-order valence-electron chi connectivity index (χ1n) is 5.31. The number of aromatic amines is 1. The van der Waals surface area contributed by atoms with Crippen molar-refractivity contribution in [1.29, 1.82) is 0 Å². The molecule has 0 aliphatic rings. The zero-order chi connectivity index (χ0) is 13.1. The standard InChI is InChI=1S/C12H13N5O/c1-7(16-17-12(13)14)8-2-3-11-9(4-8)5-10(6-18)15-11/h2-6,15H,1H3,(H4,13,14,17)/b16-7+. The average molecular weight is 243 g/mol. The van der Waals surface area contributed by atoms with Gasteiger partial charge < -0.3 is 16.5 Å². The number of aromatic nitrogens is 1.